The molecule has 3 heterocycles. The van der Waals surface area contributed by atoms with Crippen LogP contribution in [0.4, 0.5) is 4.39 Å². The van der Waals surface area contributed by atoms with E-state index in [-0.39, 0.29) is 12.4 Å². The highest BCUT2D eigenvalue weighted by molar-refractivity contribution is 7.99. The minimum Gasteiger partial charge on any atom is -0.483 e. The first-order valence-electron chi connectivity index (χ1n) is 10.0. The van der Waals surface area contributed by atoms with Crippen LogP contribution in [-0.2, 0) is 26.0 Å². The maximum atomic E-state index is 13.9. The first-order chi connectivity index (χ1) is 15.1. The largest absolute Gasteiger partial charge is 0.483 e. The van der Waals surface area contributed by atoms with Gasteiger partial charge in [0.25, 0.3) is 0 Å². The van der Waals surface area contributed by atoms with Crippen molar-refractivity contribution in [2.75, 3.05) is 0 Å². The molecule has 0 N–H and O–H groups in total. The molecule has 0 radical (unpaired) electrons. The number of nitrogens with zero attached hydrogens (tertiary/aromatic N) is 5. The molecule has 4 aromatic rings. The molecule has 0 saturated heterocycles. The van der Waals surface area contributed by atoms with Crippen LogP contribution >= 0.6 is 23.1 Å². The lowest BCUT2D eigenvalue weighted by Gasteiger charge is -2.10. The molecule has 0 aliphatic heterocycles. The summed E-state index contributed by atoms with van der Waals surface area (Å²) in [6.07, 6.45) is 5.14. The Morgan fingerprint density at radius 1 is 1.26 bits per heavy atom. The van der Waals surface area contributed by atoms with Crippen LogP contribution < -0.4 is 4.74 Å². The third-order valence-electron chi connectivity index (χ3n) is 5.13. The summed E-state index contributed by atoms with van der Waals surface area (Å²) < 4.78 is 21.5. The van der Waals surface area contributed by atoms with Crippen molar-refractivity contribution < 1.29 is 9.13 Å². The molecule has 9 heteroatoms. The van der Waals surface area contributed by atoms with Crippen LogP contribution in [0, 0.1) is 12.7 Å². The molecule has 0 unspecified atom stereocenters. The molecule has 0 spiro atoms. The average Bonchev–Trinajstić information content (AvgIpc) is 3.43. The number of benzene rings is 1. The van der Waals surface area contributed by atoms with Crippen molar-refractivity contribution >= 4 is 33.3 Å². The molecule has 0 bridgehead atoms. The molecular weight excluding hydrogens is 433 g/mol. The molecule has 1 aliphatic carbocycles. The monoisotopic (exact) mass is 453 g/mol. The van der Waals surface area contributed by atoms with Gasteiger partial charge in [0.15, 0.2) is 22.5 Å². The minimum atomic E-state index is -0.406. The highest BCUT2D eigenvalue weighted by Crippen LogP contribution is 2.42. The molecular formula is C22H20FN5OS2. The van der Waals surface area contributed by atoms with Crippen molar-refractivity contribution in [2.24, 2.45) is 0 Å². The van der Waals surface area contributed by atoms with Crippen LogP contribution in [0.2, 0.25) is 0 Å². The van der Waals surface area contributed by atoms with Gasteiger partial charge in [-0.2, -0.15) is 0 Å². The summed E-state index contributed by atoms with van der Waals surface area (Å²) in [5.74, 6) is 1.12. The lowest BCUT2D eigenvalue weighted by Crippen LogP contribution is -2.08. The SMILES string of the molecule is C=CCn1c(COc2ccccc2F)nnc1Sc1nc(C)nc2sc3c(c12)CCC3. The molecule has 0 fully saturated rings. The van der Waals surface area contributed by atoms with Crippen LogP contribution in [0.25, 0.3) is 10.2 Å². The molecule has 1 aliphatic rings. The van der Waals surface area contributed by atoms with Crippen molar-refractivity contribution in [3.8, 4) is 5.75 Å². The summed E-state index contributed by atoms with van der Waals surface area (Å²) in [6, 6.07) is 6.32. The second kappa shape index (κ2) is 8.39. The van der Waals surface area contributed by atoms with Gasteiger partial charge in [0.1, 0.15) is 22.3 Å². The predicted molar refractivity (Wildman–Crippen MR) is 119 cm³/mol. The Balaban J connectivity index is 1.47. The summed E-state index contributed by atoms with van der Waals surface area (Å²) in [7, 11) is 0. The Morgan fingerprint density at radius 3 is 2.97 bits per heavy atom. The lowest BCUT2D eigenvalue weighted by atomic mass is 10.2. The Labute approximate surface area is 187 Å². The van der Waals surface area contributed by atoms with Crippen molar-refractivity contribution in [1.82, 2.24) is 24.7 Å². The van der Waals surface area contributed by atoms with Gasteiger partial charge in [-0.3, -0.25) is 4.57 Å². The number of allylic oxidation sites excluding steroid dienone is 1. The normalized spacial score (nSPS) is 13.0. The molecule has 0 atom stereocenters. The zero-order valence-corrected chi connectivity index (χ0v) is 18.6. The summed E-state index contributed by atoms with van der Waals surface area (Å²) in [5, 5.41) is 11.4. The standard InChI is InChI=1S/C22H20FN5OS2/c1-3-11-28-18(12-29-16-9-5-4-8-15(16)23)26-27-22(28)31-21-19-14-7-6-10-17(14)30-20(19)24-13(2)25-21/h3-5,8-9H,1,6-7,10-12H2,2H3. The lowest BCUT2D eigenvalue weighted by molar-refractivity contribution is 0.275. The van der Waals surface area contributed by atoms with Gasteiger partial charge >= 0.3 is 0 Å². The van der Waals surface area contributed by atoms with E-state index >= 15 is 0 Å². The van der Waals surface area contributed by atoms with Gasteiger partial charge < -0.3 is 4.74 Å². The van der Waals surface area contributed by atoms with Crippen LogP contribution in [0.3, 0.4) is 0 Å². The zero-order valence-electron chi connectivity index (χ0n) is 17.0. The quantitative estimate of drug-likeness (QED) is 0.285. The Bertz CT molecular complexity index is 1280. The fourth-order valence-electron chi connectivity index (χ4n) is 3.74. The number of thiophene rings is 1. The topological polar surface area (TPSA) is 65.7 Å². The van der Waals surface area contributed by atoms with Gasteiger partial charge in [-0.05, 0) is 55.6 Å². The molecule has 5 rings (SSSR count). The summed E-state index contributed by atoms with van der Waals surface area (Å²) in [4.78, 5) is 11.8. The Morgan fingerprint density at radius 2 is 2.13 bits per heavy atom. The molecule has 1 aromatic carbocycles. The van der Waals surface area contributed by atoms with E-state index in [1.54, 1.807) is 35.6 Å². The number of aryl methyl sites for hydroxylation is 3. The van der Waals surface area contributed by atoms with Gasteiger partial charge in [0.05, 0.1) is 0 Å². The maximum absolute atomic E-state index is 13.9. The highest BCUT2D eigenvalue weighted by Gasteiger charge is 2.24. The summed E-state index contributed by atoms with van der Waals surface area (Å²) in [5.41, 5.74) is 1.38. The molecule has 158 valence electrons. The number of halogens is 1. The molecule has 0 amide bonds. The number of fused-ring (bicyclic) bond motifs is 3. The highest BCUT2D eigenvalue weighted by atomic mass is 32.2. The van der Waals surface area contributed by atoms with Gasteiger partial charge in [-0.25, -0.2) is 14.4 Å². The van der Waals surface area contributed by atoms with E-state index in [1.165, 1.54) is 34.7 Å². The maximum Gasteiger partial charge on any atom is 0.197 e. The van der Waals surface area contributed by atoms with Crippen molar-refractivity contribution in [3.05, 3.63) is 64.8 Å². The van der Waals surface area contributed by atoms with Crippen molar-refractivity contribution in [2.45, 2.75) is 49.5 Å². The molecule has 0 saturated carbocycles. The van der Waals surface area contributed by atoms with Gasteiger partial charge in [0, 0.05) is 16.8 Å². The third kappa shape index (κ3) is 3.83. The van der Waals surface area contributed by atoms with E-state index in [9.17, 15) is 4.39 Å². The fraction of sp³-hybridized carbons (Fsp3) is 0.273. The Hall–Kier alpha value is -2.78. The van der Waals surface area contributed by atoms with Crippen LogP contribution in [-0.4, -0.2) is 24.7 Å². The molecule has 3 aromatic heterocycles. The van der Waals surface area contributed by atoms with Crippen molar-refractivity contribution in [3.63, 3.8) is 0 Å². The smallest absolute Gasteiger partial charge is 0.197 e. The molecule has 6 nitrogen and oxygen atoms in total. The molecule has 31 heavy (non-hydrogen) atoms. The predicted octanol–water partition coefficient (Wildman–Crippen LogP) is 5.14. The van der Waals surface area contributed by atoms with E-state index in [4.69, 9.17) is 9.72 Å². The number of ether oxygens (including phenoxy) is 1. The second-order valence-electron chi connectivity index (χ2n) is 7.23. The summed E-state index contributed by atoms with van der Waals surface area (Å²) >= 11 is 3.25. The first-order valence-corrected chi connectivity index (χ1v) is 11.6. The number of hydrogen-bond donors (Lipinski definition) is 0. The average molecular weight is 454 g/mol. The van der Waals surface area contributed by atoms with E-state index in [1.807, 2.05) is 11.5 Å². The van der Waals surface area contributed by atoms with E-state index in [2.05, 4.69) is 21.8 Å². The van der Waals surface area contributed by atoms with Gasteiger partial charge in [0.2, 0.25) is 0 Å². The van der Waals surface area contributed by atoms with E-state index in [0.717, 1.165) is 33.9 Å². The number of aromatic nitrogens is 5. The van der Waals surface area contributed by atoms with Gasteiger partial charge in [-0.15, -0.1) is 28.1 Å². The van der Waals surface area contributed by atoms with Crippen LogP contribution in [0.1, 0.15) is 28.5 Å². The first kappa shape index (κ1) is 20.1. The zero-order chi connectivity index (χ0) is 21.4. The van der Waals surface area contributed by atoms with E-state index < -0.39 is 5.82 Å². The number of rotatable bonds is 7. The summed E-state index contributed by atoms with van der Waals surface area (Å²) in [6.45, 7) is 6.38. The van der Waals surface area contributed by atoms with Crippen LogP contribution in [0.5, 0.6) is 5.75 Å². The van der Waals surface area contributed by atoms with Crippen LogP contribution in [0.15, 0.2) is 47.1 Å². The third-order valence-corrected chi connectivity index (χ3v) is 7.29. The minimum absolute atomic E-state index is 0.106. The number of para-hydroxylation sites is 1. The Kier molecular flexibility index (Phi) is 5.45. The fourth-order valence-corrected chi connectivity index (χ4v) is 6.16. The second-order valence-corrected chi connectivity index (χ2v) is 9.27. The van der Waals surface area contributed by atoms with Gasteiger partial charge in [-0.1, -0.05) is 18.2 Å². The van der Waals surface area contributed by atoms with E-state index in [0.29, 0.717) is 17.5 Å². The number of hydrogen-bond acceptors (Lipinski definition) is 7. The van der Waals surface area contributed by atoms with Crippen molar-refractivity contribution in [1.29, 1.82) is 0 Å².